The molecule has 5 heteroatoms. The molecule has 1 N–H and O–H groups in total. The van der Waals surface area contributed by atoms with E-state index in [1.807, 2.05) is 30.3 Å². The summed E-state index contributed by atoms with van der Waals surface area (Å²) in [5.74, 6) is -0.772. The van der Waals surface area contributed by atoms with Crippen LogP contribution in [-0.2, 0) is 25.5 Å². The smallest absolute Gasteiger partial charge is 0.328 e. The van der Waals surface area contributed by atoms with Crippen molar-refractivity contribution in [2.24, 2.45) is 0 Å². The zero-order valence-electron chi connectivity index (χ0n) is 11.2. The van der Waals surface area contributed by atoms with Crippen LogP contribution < -0.4 is 5.32 Å². The number of hydrogen-bond donors (Lipinski definition) is 1. The second-order valence-corrected chi connectivity index (χ2v) is 4.10. The van der Waals surface area contributed by atoms with E-state index in [-0.39, 0.29) is 12.5 Å². The Morgan fingerprint density at radius 3 is 2.47 bits per heavy atom. The highest BCUT2D eigenvalue weighted by atomic mass is 16.5. The van der Waals surface area contributed by atoms with Crippen molar-refractivity contribution < 1.29 is 19.1 Å². The molecule has 0 heterocycles. The Morgan fingerprint density at radius 2 is 1.89 bits per heavy atom. The van der Waals surface area contributed by atoms with Gasteiger partial charge in [0.15, 0.2) is 0 Å². The van der Waals surface area contributed by atoms with Crippen molar-refractivity contribution in [2.75, 3.05) is 20.8 Å². The lowest BCUT2D eigenvalue weighted by molar-refractivity contribution is -0.145. The Kier molecular flexibility index (Phi) is 6.60. The van der Waals surface area contributed by atoms with Crippen molar-refractivity contribution >= 4 is 11.9 Å². The first kappa shape index (κ1) is 15.2. The molecule has 0 aliphatic carbocycles. The quantitative estimate of drug-likeness (QED) is 0.745. The maximum Gasteiger partial charge on any atom is 0.328 e. The Balaban J connectivity index is 2.55. The highest BCUT2D eigenvalue weighted by Crippen LogP contribution is 2.06. The van der Waals surface area contributed by atoms with Crippen LogP contribution >= 0.6 is 0 Å². The fourth-order valence-corrected chi connectivity index (χ4v) is 1.71. The lowest BCUT2D eigenvalue weighted by Gasteiger charge is -2.16. The van der Waals surface area contributed by atoms with E-state index in [0.29, 0.717) is 12.8 Å². The lowest BCUT2D eigenvalue weighted by Crippen LogP contribution is -2.43. The highest BCUT2D eigenvalue weighted by molar-refractivity contribution is 5.85. The Bertz CT molecular complexity index is 405. The molecule has 1 aromatic carbocycles. The normalized spacial score (nSPS) is 11.7. The van der Waals surface area contributed by atoms with Crippen molar-refractivity contribution in [3.63, 3.8) is 0 Å². The summed E-state index contributed by atoms with van der Waals surface area (Å²) in [4.78, 5) is 23.0. The number of amides is 1. The van der Waals surface area contributed by atoms with Crippen LogP contribution in [0.15, 0.2) is 30.3 Å². The third kappa shape index (κ3) is 5.52. The van der Waals surface area contributed by atoms with Crippen molar-refractivity contribution in [3.8, 4) is 0 Å². The summed E-state index contributed by atoms with van der Waals surface area (Å²) in [6, 6.07) is 9.11. The minimum Gasteiger partial charge on any atom is -0.467 e. The summed E-state index contributed by atoms with van der Waals surface area (Å²) in [6.07, 6.45) is 1.18. The van der Waals surface area contributed by atoms with Gasteiger partial charge in [-0.15, -0.1) is 0 Å². The first-order valence-electron chi connectivity index (χ1n) is 6.07. The van der Waals surface area contributed by atoms with Gasteiger partial charge in [0.2, 0.25) is 5.91 Å². The first-order valence-corrected chi connectivity index (χ1v) is 6.07. The zero-order valence-corrected chi connectivity index (χ0v) is 11.2. The molecular formula is C14H19NO4. The fourth-order valence-electron chi connectivity index (χ4n) is 1.71. The minimum absolute atomic E-state index is 0.0706. The van der Waals surface area contributed by atoms with E-state index >= 15 is 0 Å². The third-order valence-corrected chi connectivity index (χ3v) is 2.66. The van der Waals surface area contributed by atoms with Crippen molar-refractivity contribution in [2.45, 2.75) is 18.9 Å². The van der Waals surface area contributed by atoms with Gasteiger partial charge in [0.1, 0.15) is 12.6 Å². The highest BCUT2D eigenvalue weighted by Gasteiger charge is 2.20. The van der Waals surface area contributed by atoms with E-state index in [9.17, 15) is 9.59 Å². The van der Waals surface area contributed by atoms with Gasteiger partial charge in [-0.1, -0.05) is 30.3 Å². The molecule has 1 amide bonds. The summed E-state index contributed by atoms with van der Waals surface area (Å²) < 4.78 is 9.40. The van der Waals surface area contributed by atoms with E-state index in [1.54, 1.807) is 0 Å². The molecule has 0 saturated carbocycles. The van der Waals surface area contributed by atoms with Crippen molar-refractivity contribution in [1.82, 2.24) is 5.32 Å². The molecule has 104 valence electrons. The number of nitrogens with one attached hydrogen (secondary N) is 1. The van der Waals surface area contributed by atoms with Crippen LogP contribution in [0.25, 0.3) is 0 Å². The van der Waals surface area contributed by atoms with Crippen LogP contribution in [0.1, 0.15) is 12.0 Å². The van der Waals surface area contributed by atoms with Crippen molar-refractivity contribution in [1.29, 1.82) is 0 Å². The standard InChI is InChI=1S/C14H19NO4/c1-18-10-13(16)15-12(14(17)19-2)9-8-11-6-4-3-5-7-11/h3-7,12H,8-10H2,1-2H3,(H,15,16)/t12-/m1/s1. The van der Waals surface area contributed by atoms with Crippen LogP contribution in [0.4, 0.5) is 0 Å². The van der Waals surface area contributed by atoms with E-state index < -0.39 is 12.0 Å². The summed E-state index contributed by atoms with van der Waals surface area (Å²) in [6.45, 7) is -0.0706. The molecule has 0 spiro atoms. The minimum atomic E-state index is -0.646. The average molecular weight is 265 g/mol. The molecule has 0 saturated heterocycles. The molecule has 1 atom stereocenters. The molecule has 19 heavy (non-hydrogen) atoms. The SMILES string of the molecule is COCC(=O)N[C@H](CCc1ccccc1)C(=O)OC. The van der Waals surface area contributed by atoms with Crippen LogP contribution in [0.3, 0.4) is 0 Å². The molecule has 0 aliphatic rings. The number of ether oxygens (including phenoxy) is 2. The molecule has 0 aliphatic heterocycles. The third-order valence-electron chi connectivity index (χ3n) is 2.66. The predicted molar refractivity (Wildman–Crippen MR) is 70.6 cm³/mol. The van der Waals surface area contributed by atoms with E-state index in [2.05, 4.69) is 10.1 Å². The number of carbonyl (C=O) groups excluding carboxylic acids is 2. The van der Waals surface area contributed by atoms with Crippen LogP contribution in [-0.4, -0.2) is 38.7 Å². The summed E-state index contributed by atoms with van der Waals surface area (Å²) in [7, 11) is 2.73. The predicted octanol–water partition coefficient (Wildman–Crippen LogP) is 0.923. The fraction of sp³-hybridized carbons (Fsp3) is 0.429. The number of benzene rings is 1. The van der Waals surface area contributed by atoms with Crippen molar-refractivity contribution in [3.05, 3.63) is 35.9 Å². The number of rotatable bonds is 7. The topological polar surface area (TPSA) is 64.6 Å². The molecule has 0 radical (unpaired) electrons. The molecule has 5 nitrogen and oxygen atoms in total. The average Bonchev–Trinajstić information content (AvgIpc) is 2.44. The van der Waals surface area contributed by atoms with E-state index in [4.69, 9.17) is 4.74 Å². The Hall–Kier alpha value is -1.88. The number of methoxy groups -OCH3 is 2. The van der Waals surface area contributed by atoms with Gasteiger partial charge in [-0.3, -0.25) is 4.79 Å². The molecule has 1 aromatic rings. The number of hydrogen-bond acceptors (Lipinski definition) is 4. The number of aryl methyl sites for hydroxylation is 1. The summed E-state index contributed by atoms with van der Waals surface area (Å²) >= 11 is 0. The molecule has 0 aromatic heterocycles. The van der Waals surface area contributed by atoms with Gasteiger partial charge in [-0.25, -0.2) is 4.79 Å². The van der Waals surface area contributed by atoms with Crippen LogP contribution in [0.5, 0.6) is 0 Å². The van der Waals surface area contributed by atoms with Gasteiger partial charge in [-0.05, 0) is 18.4 Å². The molecule has 0 bridgehead atoms. The van der Waals surface area contributed by atoms with Gasteiger partial charge in [-0.2, -0.15) is 0 Å². The van der Waals surface area contributed by atoms with Crippen LogP contribution in [0, 0.1) is 0 Å². The summed E-state index contributed by atoms with van der Waals surface area (Å²) in [5, 5.41) is 2.60. The molecular weight excluding hydrogens is 246 g/mol. The molecule has 1 rings (SSSR count). The number of esters is 1. The van der Waals surface area contributed by atoms with E-state index in [1.165, 1.54) is 14.2 Å². The maximum atomic E-state index is 11.6. The monoisotopic (exact) mass is 265 g/mol. The molecule has 0 fully saturated rings. The van der Waals surface area contributed by atoms with Gasteiger partial charge in [0.05, 0.1) is 7.11 Å². The van der Waals surface area contributed by atoms with Crippen LogP contribution in [0.2, 0.25) is 0 Å². The number of carbonyl (C=O) groups is 2. The Morgan fingerprint density at radius 1 is 1.21 bits per heavy atom. The van der Waals surface area contributed by atoms with Gasteiger partial charge in [0, 0.05) is 7.11 Å². The Labute approximate surface area is 112 Å². The lowest BCUT2D eigenvalue weighted by atomic mass is 10.1. The second kappa shape index (κ2) is 8.26. The first-order chi connectivity index (χ1) is 9.17. The van der Waals surface area contributed by atoms with Gasteiger partial charge in [0.25, 0.3) is 0 Å². The zero-order chi connectivity index (χ0) is 14.1. The van der Waals surface area contributed by atoms with Gasteiger partial charge < -0.3 is 14.8 Å². The molecule has 0 unspecified atom stereocenters. The van der Waals surface area contributed by atoms with Gasteiger partial charge >= 0.3 is 5.97 Å². The van der Waals surface area contributed by atoms with E-state index in [0.717, 1.165) is 5.56 Å². The second-order valence-electron chi connectivity index (χ2n) is 4.10. The maximum absolute atomic E-state index is 11.6. The summed E-state index contributed by atoms with van der Waals surface area (Å²) in [5.41, 5.74) is 1.11. The largest absolute Gasteiger partial charge is 0.467 e.